The Hall–Kier alpha value is -0.360. The average Bonchev–Trinajstić information content (AvgIpc) is 2.32. The molecule has 2 nitrogen and oxygen atoms in total. The third-order valence-corrected chi connectivity index (χ3v) is 4.65. The van der Waals surface area contributed by atoms with Crippen LogP contribution in [-0.2, 0) is 6.61 Å². The van der Waals surface area contributed by atoms with Crippen LogP contribution in [0.1, 0.15) is 5.56 Å². The van der Waals surface area contributed by atoms with Crippen LogP contribution in [0.3, 0.4) is 0 Å². The number of halogens is 2. The van der Waals surface area contributed by atoms with E-state index in [-0.39, 0.29) is 6.61 Å². The Balaban J connectivity index is 2.35. The second-order valence-electron chi connectivity index (χ2n) is 3.30. The highest BCUT2D eigenvalue weighted by Crippen LogP contribution is 2.35. The van der Waals surface area contributed by atoms with Gasteiger partial charge < -0.3 is 5.11 Å². The number of aliphatic hydroxyl groups is 1. The number of benzene rings is 1. The Labute approximate surface area is 121 Å². The van der Waals surface area contributed by atoms with Crippen LogP contribution in [0.15, 0.2) is 55.4 Å². The highest BCUT2D eigenvalue weighted by atomic mass is 79.9. The molecule has 0 aliphatic carbocycles. The Morgan fingerprint density at radius 3 is 2.76 bits per heavy atom. The monoisotopic (exact) mass is 373 g/mol. The normalized spacial score (nSPS) is 10.5. The summed E-state index contributed by atoms with van der Waals surface area (Å²) in [5.74, 6) is 0. The minimum Gasteiger partial charge on any atom is -0.392 e. The van der Waals surface area contributed by atoms with Gasteiger partial charge in [-0.2, -0.15) is 0 Å². The van der Waals surface area contributed by atoms with E-state index in [1.54, 1.807) is 6.20 Å². The first-order chi connectivity index (χ1) is 8.20. The molecule has 0 bridgehead atoms. The summed E-state index contributed by atoms with van der Waals surface area (Å²) in [4.78, 5) is 5.30. The fourth-order valence-corrected chi connectivity index (χ4v) is 3.25. The van der Waals surface area contributed by atoms with Gasteiger partial charge in [-0.15, -0.1) is 0 Å². The molecule has 1 heterocycles. The standard InChI is InChI=1S/C12H9Br2NOS/c13-9-4-3-8(7-16)11(6-9)17-12-10(14)2-1-5-15-12/h1-6,16H,7H2. The maximum Gasteiger partial charge on any atom is 0.115 e. The van der Waals surface area contributed by atoms with Gasteiger partial charge in [-0.1, -0.05) is 33.8 Å². The Bertz CT molecular complexity index is 534. The maximum atomic E-state index is 9.30. The molecule has 0 aliphatic heterocycles. The van der Waals surface area contributed by atoms with Crippen molar-refractivity contribution < 1.29 is 5.11 Å². The highest BCUT2D eigenvalue weighted by Gasteiger charge is 2.08. The summed E-state index contributed by atoms with van der Waals surface area (Å²) < 4.78 is 1.94. The van der Waals surface area contributed by atoms with E-state index in [0.717, 1.165) is 24.4 Å². The summed E-state index contributed by atoms with van der Waals surface area (Å²) in [5.41, 5.74) is 0.899. The summed E-state index contributed by atoms with van der Waals surface area (Å²) in [6.45, 7) is 0.0278. The fraction of sp³-hybridized carbons (Fsp3) is 0.0833. The van der Waals surface area contributed by atoms with E-state index >= 15 is 0 Å². The zero-order valence-electron chi connectivity index (χ0n) is 8.73. The van der Waals surface area contributed by atoms with E-state index in [2.05, 4.69) is 36.8 Å². The van der Waals surface area contributed by atoms with Gasteiger partial charge >= 0.3 is 0 Å². The van der Waals surface area contributed by atoms with Crippen LogP contribution in [0.2, 0.25) is 0 Å². The lowest BCUT2D eigenvalue weighted by Gasteiger charge is -2.08. The van der Waals surface area contributed by atoms with E-state index in [1.165, 1.54) is 11.8 Å². The molecular weight excluding hydrogens is 366 g/mol. The van der Waals surface area contributed by atoms with Gasteiger partial charge in [0.2, 0.25) is 0 Å². The second kappa shape index (κ2) is 6.00. The largest absolute Gasteiger partial charge is 0.392 e. The zero-order valence-corrected chi connectivity index (χ0v) is 12.7. The van der Waals surface area contributed by atoms with Crippen molar-refractivity contribution in [2.24, 2.45) is 0 Å². The van der Waals surface area contributed by atoms with Crippen LogP contribution in [0.4, 0.5) is 0 Å². The molecule has 0 fully saturated rings. The van der Waals surface area contributed by atoms with Crippen LogP contribution in [-0.4, -0.2) is 10.1 Å². The quantitative estimate of drug-likeness (QED) is 0.871. The lowest BCUT2D eigenvalue weighted by molar-refractivity contribution is 0.279. The molecule has 0 radical (unpaired) electrons. The van der Waals surface area contributed by atoms with Crippen molar-refractivity contribution >= 4 is 43.6 Å². The zero-order chi connectivity index (χ0) is 12.3. The van der Waals surface area contributed by atoms with Gasteiger partial charge in [-0.3, -0.25) is 0 Å². The van der Waals surface area contributed by atoms with Gasteiger partial charge in [0.05, 0.1) is 11.1 Å². The van der Waals surface area contributed by atoms with Crippen LogP contribution >= 0.6 is 43.6 Å². The predicted octanol–water partition coefficient (Wildman–Crippen LogP) is 4.25. The Morgan fingerprint density at radius 2 is 2.06 bits per heavy atom. The molecule has 0 amide bonds. The molecule has 1 aromatic heterocycles. The van der Waals surface area contributed by atoms with Crippen LogP contribution < -0.4 is 0 Å². The van der Waals surface area contributed by atoms with Crippen molar-refractivity contribution in [3.63, 3.8) is 0 Å². The van der Waals surface area contributed by atoms with E-state index in [0.29, 0.717) is 0 Å². The average molecular weight is 375 g/mol. The van der Waals surface area contributed by atoms with Gasteiger partial charge in [0.25, 0.3) is 0 Å². The molecule has 0 unspecified atom stereocenters. The van der Waals surface area contributed by atoms with Crippen LogP contribution in [0.5, 0.6) is 0 Å². The fourth-order valence-electron chi connectivity index (χ4n) is 1.30. The highest BCUT2D eigenvalue weighted by molar-refractivity contribution is 9.10. The molecule has 5 heteroatoms. The van der Waals surface area contributed by atoms with Crippen molar-refractivity contribution in [3.8, 4) is 0 Å². The van der Waals surface area contributed by atoms with Crippen molar-refractivity contribution in [2.75, 3.05) is 0 Å². The summed E-state index contributed by atoms with van der Waals surface area (Å²) in [6.07, 6.45) is 1.75. The third kappa shape index (κ3) is 3.31. The second-order valence-corrected chi connectivity index (χ2v) is 6.10. The molecule has 17 heavy (non-hydrogen) atoms. The maximum absolute atomic E-state index is 9.30. The summed E-state index contributed by atoms with van der Waals surface area (Å²) in [5, 5.41) is 10.2. The lowest BCUT2D eigenvalue weighted by atomic mass is 10.2. The Morgan fingerprint density at radius 1 is 1.24 bits per heavy atom. The lowest BCUT2D eigenvalue weighted by Crippen LogP contribution is -1.89. The summed E-state index contributed by atoms with van der Waals surface area (Å²) in [7, 11) is 0. The van der Waals surface area contributed by atoms with E-state index in [1.807, 2.05) is 30.3 Å². The van der Waals surface area contributed by atoms with Crippen LogP contribution in [0.25, 0.3) is 0 Å². The minimum atomic E-state index is 0.0278. The molecule has 1 aromatic carbocycles. The van der Waals surface area contributed by atoms with Gasteiger partial charge in [0.1, 0.15) is 5.03 Å². The molecule has 0 spiro atoms. The van der Waals surface area contributed by atoms with Crippen molar-refractivity contribution in [1.29, 1.82) is 0 Å². The molecule has 0 saturated carbocycles. The summed E-state index contributed by atoms with van der Waals surface area (Å²) >= 11 is 8.42. The van der Waals surface area contributed by atoms with Crippen LogP contribution in [0, 0.1) is 0 Å². The SMILES string of the molecule is OCc1ccc(Br)cc1Sc1ncccc1Br. The molecular formula is C12H9Br2NOS. The molecule has 88 valence electrons. The first-order valence-electron chi connectivity index (χ1n) is 4.88. The first kappa shape index (κ1) is 13.1. The molecule has 0 atom stereocenters. The van der Waals surface area contributed by atoms with E-state index in [4.69, 9.17) is 0 Å². The molecule has 2 aromatic rings. The Kier molecular flexibility index (Phi) is 4.62. The number of aromatic nitrogens is 1. The number of hydrogen-bond donors (Lipinski definition) is 1. The van der Waals surface area contributed by atoms with E-state index in [9.17, 15) is 5.11 Å². The molecule has 1 N–H and O–H groups in total. The van der Waals surface area contributed by atoms with Gasteiger partial charge in [-0.05, 0) is 45.8 Å². The molecule has 2 rings (SSSR count). The number of nitrogens with zero attached hydrogens (tertiary/aromatic N) is 1. The topological polar surface area (TPSA) is 33.1 Å². The van der Waals surface area contributed by atoms with Gasteiger partial charge in [0.15, 0.2) is 0 Å². The third-order valence-electron chi connectivity index (χ3n) is 2.13. The molecule has 0 aliphatic rings. The van der Waals surface area contributed by atoms with Crippen molar-refractivity contribution in [2.45, 2.75) is 16.5 Å². The van der Waals surface area contributed by atoms with Gasteiger partial charge in [-0.25, -0.2) is 4.98 Å². The number of aliphatic hydroxyl groups excluding tert-OH is 1. The smallest absolute Gasteiger partial charge is 0.115 e. The minimum absolute atomic E-state index is 0.0278. The van der Waals surface area contributed by atoms with E-state index < -0.39 is 0 Å². The first-order valence-corrected chi connectivity index (χ1v) is 7.28. The van der Waals surface area contributed by atoms with Gasteiger partial charge in [0, 0.05) is 15.6 Å². The number of hydrogen-bond acceptors (Lipinski definition) is 3. The number of pyridine rings is 1. The molecule has 0 saturated heterocycles. The van der Waals surface area contributed by atoms with Crippen molar-refractivity contribution in [3.05, 3.63) is 51.0 Å². The van der Waals surface area contributed by atoms with Crippen molar-refractivity contribution in [1.82, 2.24) is 4.98 Å². The number of rotatable bonds is 3. The summed E-state index contributed by atoms with van der Waals surface area (Å²) in [6, 6.07) is 9.64. The predicted molar refractivity (Wildman–Crippen MR) is 76.1 cm³/mol.